The molecular weight excluding hydrogens is 1320 g/mol. The zero-order valence-electron chi connectivity index (χ0n) is 58.2. The fourth-order valence-electron chi connectivity index (χ4n) is 15.1. The number of furan rings is 2. The lowest BCUT2D eigenvalue weighted by molar-refractivity contribution is 0.672. The van der Waals surface area contributed by atoms with E-state index in [0.717, 1.165) is 183 Å². The van der Waals surface area contributed by atoms with Crippen LogP contribution in [0.15, 0.2) is 379 Å². The molecule has 0 radical (unpaired) electrons. The molecule has 21 aromatic rings. The molecule has 21 rings (SSSR count). The number of hydrogen-bond donors (Lipinski definition) is 0. The van der Waals surface area contributed by atoms with Crippen LogP contribution in [0.1, 0.15) is 0 Å². The van der Waals surface area contributed by atoms with Gasteiger partial charge in [0.05, 0.1) is 55.4 Å². The SMILES string of the molecule is c1ccc(-c2cc(-c3ccc(-c4cccc(-c5nc6ccc7ccccc7c6c6oc7ccccc7c56)c4)cc3)nc(-c3ccccc3)n2)cc1.c1ccc(-c2cccc(-c3nc(-c4ccccc4)nc(-c4ccc(-c5cccc(-c6nc7ccc8ccccc8c7c7oc8ccccc8c67)c5)cc4)n3)c2)cc1. The zero-order valence-corrected chi connectivity index (χ0v) is 58.2. The van der Waals surface area contributed by atoms with Gasteiger partial charge in [-0.05, 0) is 103 Å². The summed E-state index contributed by atoms with van der Waals surface area (Å²) in [4.78, 5) is 35.6. The molecule has 9 heteroatoms. The van der Waals surface area contributed by atoms with Gasteiger partial charge in [0, 0.05) is 55.3 Å². The van der Waals surface area contributed by atoms with Gasteiger partial charge >= 0.3 is 0 Å². The Morgan fingerprint density at radius 1 is 0.176 bits per heavy atom. The summed E-state index contributed by atoms with van der Waals surface area (Å²) in [6, 6.07) is 128. The quantitative estimate of drug-likeness (QED) is 0.117. The number of nitrogens with zero attached hydrogens (tertiary/aromatic N) is 7. The standard InChI is InChI=1S/C52H32N4O.C47H29N3O/c1-3-13-33(14-4-1)39-19-12-21-41(32-39)52-55-50(36-16-5-2-6-17-36)54-51(56-52)37-27-25-34(26-28-37)38-18-11-20-40(31-38)48-47-43-23-9-10-24-45(43)57-49(47)46-42-22-8-7-15-35(42)29-30-44(46)53-48;1-3-13-32(14-4-1)40-29-41(50-47(49-40)34-15-5-2-6-16-34)33-24-22-30(23-25-33)35-17-11-18-36(28-35)45-44-38-20-9-10-21-42(38)51-46(44)43-37-19-8-7-12-31(37)26-27-39(43)48-45/h1-32H;1-29H. The highest BCUT2D eigenvalue weighted by molar-refractivity contribution is 6.27. The molecule has 0 spiro atoms. The van der Waals surface area contributed by atoms with Crippen LogP contribution in [-0.2, 0) is 0 Å². The van der Waals surface area contributed by atoms with E-state index < -0.39 is 0 Å². The van der Waals surface area contributed by atoms with Gasteiger partial charge < -0.3 is 8.83 Å². The predicted molar refractivity (Wildman–Crippen MR) is 442 cm³/mol. The molecular formula is C99H61N7O2. The van der Waals surface area contributed by atoms with Gasteiger partial charge in [-0.2, -0.15) is 0 Å². The number of rotatable bonds is 11. The highest BCUT2D eigenvalue weighted by Gasteiger charge is 2.23. The van der Waals surface area contributed by atoms with Crippen LogP contribution in [-0.4, -0.2) is 34.9 Å². The molecule has 15 aromatic carbocycles. The Hall–Kier alpha value is -14.7. The third kappa shape index (κ3) is 11.6. The average Bonchev–Trinajstić information content (AvgIpc) is 1.52. The van der Waals surface area contributed by atoms with Crippen LogP contribution in [0.5, 0.6) is 0 Å². The van der Waals surface area contributed by atoms with E-state index in [1.54, 1.807) is 0 Å². The first-order valence-corrected chi connectivity index (χ1v) is 36.2. The number of aromatic nitrogens is 7. The molecule has 0 unspecified atom stereocenters. The van der Waals surface area contributed by atoms with Crippen LogP contribution in [0.4, 0.5) is 0 Å². The first-order chi connectivity index (χ1) is 53.5. The lowest BCUT2D eigenvalue weighted by Crippen LogP contribution is -2.00. The van der Waals surface area contributed by atoms with Gasteiger partial charge in [-0.3, -0.25) is 0 Å². The van der Waals surface area contributed by atoms with Crippen molar-refractivity contribution >= 4 is 87.2 Å². The fraction of sp³-hybridized carbons (Fsp3) is 0. The minimum atomic E-state index is 0.617. The molecule has 0 bridgehead atoms. The molecule has 0 N–H and O–H groups in total. The van der Waals surface area contributed by atoms with Gasteiger partial charge in [-0.25, -0.2) is 34.9 Å². The summed E-state index contributed by atoms with van der Waals surface area (Å²) in [5.41, 5.74) is 23.4. The lowest BCUT2D eigenvalue weighted by Gasteiger charge is -2.11. The molecule has 0 aliphatic heterocycles. The van der Waals surface area contributed by atoms with Crippen LogP contribution in [0.25, 0.3) is 211 Å². The number of pyridine rings is 2. The van der Waals surface area contributed by atoms with Gasteiger partial charge in [-0.15, -0.1) is 0 Å². The molecule has 6 aromatic heterocycles. The predicted octanol–water partition coefficient (Wildman–Crippen LogP) is 25.9. The molecule has 0 fully saturated rings. The molecule has 0 amide bonds. The molecule has 6 heterocycles. The van der Waals surface area contributed by atoms with Crippen molar-refractivity contribution in [1.82, 2.24) is 34.9 Å². The fourth-order valence-corrected chi connectivity index (χ4v) is 15.1. The Balaban J connectivity index is 0.000000143. The summed E-state index contributed by atoms with van der Waals surface area (Å²) in [5.74, 6) is 2.58. The smallest absolute Gasteiger partial charge is 0.164 e. The largest absolute Gasteiger partial charge is 0.455 e. The van der Waals surface area contributed by atoms with Crippen molar-refractivity contribution in [2.45, 2.75) is 0 Å². The average molecular weight is 1380 g/mol. The minimum Gasteiger partial charge on any atom is -0.455 e. The van der Waals surface area contributed by atoms with E-state index in [2.05, 4.69) is 273 Å². The van der Waals surface area contributed by atoms with Gasteiger partial charge in [0.1, 0.15) is 22.3 Å². The second kappa shape index (κ2) is 26.9. The van der Waals surface area contributed by atoms with E-state index in [4.69, 9.17) is 43.7 Å². The van der Waals surface area contributed by atoms with Crippen molar-refractivity contribution in [3.63, 3.8) is 0 Å². The van der Waals surface area contributed by atoms with E-state index in [0.29, 0.717) is 23.3 Å². The first kappa shape index (κ1) is 63.1. The summed E-state index contributed by atoms with van der Waals surface area (Å²) < 4.78 is 13.3. The maximum atomic E-state index is 6.65. The van der Waals surface area contributed by atoms with Gasteiger partial charge in [0.2, 0.25) is 0 Å². The molecule has 0 saturated heterocycles. The molecule has 504 valence electrons. The monoisotopic (exact) mass is 1380 g/mol. The van der Waals surface area contributed by atoms with Crippen LogP contribution in [0, 0.1) is 0 Å². The molecule has 0 atom stereocenters. The van der Waals surface area contributed by atoms with Crippen molar-refractivity contribution < 1.29 is 8.83 Å². The first-order valence-electron chi connectivity index (χ1n) is 36.2. The van der Waals surface area contributed by atoms with Crippen molar-refractivity contribution in [1.29, 1.82) is 0 Å². The summed E-state index contributed by atoms with van der Waals surface area (Å²) in [6.45, 7) is 0. The summed E-state index contributed by atoms with van der Waals surface area (Å²) in [6.07, 6.45) is 0. The Morgan fingerprint density at radius 3 is 0.944 bits per heavy atom. The van der Waals surface area contributed by atoms with Crippen molar-refractivity contribution in [3.8, 4) is 124 Å². The summed E-state index contributed by atoms with van der Waals surface area (Å²) in [7, 11) is 0. The number of benzene rings is 15. The van der Waals surface area contributed by atoms with Gasteiger partial charge in [-0.1, -0.05) is 322 Å². The Bertz CT molecular complexity index is 6970. The van der Waals surface area contributed by atoms with E-state index in [-0.39, 0.29) is 0 Å². The molecule has 0 aliphatic carbocycles. The molecule has 0 saturated carbocycles. The second-order valence-electron chi connectivity index (χ2n) is 27.0. The number of para-hydroxylation sites is 2. The van der Waals surface area contributed by atoms with Crippen LogP contribution >= 0.6 is 0 Å². The highest BCUT2D eigenvalue weighted by atomic mass is 16.3. The zero-order chi connectivity index (χ0) is 71.4. The number of hydrogen-bond acceptors (Lipinski definition) is 9. The van der Waals surface area contributed by atoms with E-state index >= 15 is 0 Å². The summed E-state index contributed by atoms with van der Waals surface area (Å²) in [5, 5.41) is 10.9. The van der Waals surface area contributed by atoms with E-state index in [1.165, 1.54) is 5.39 Å². The Kier molecular flexibility index (Phi) is 15.7. The molecule has 9 nitrogen and oxygen atoms in total. The maximum Gasteiger partial charge on any atom is 0.164 e. The van der Waals surface area contributed by atoms with E-state index in [1.807, 2.05) is 97.1 Å². The Labute approximate surface area is 621 Å². The minimum absolute atomic E-state index is 0.617. The highest BCUT2D eigenvalue weighted by Crippen LogP contribution is 2.45. The van der Waals surface area contributed by atoms with Gasteiger partial charge in [0.25, 0.3) is 0 Å². The maximum absolute atomic E-state index is 6.65. The van der Waals surface area contributed by atoms with E-state index in [9.17, 15) is 0 Å². The van der Waals surface area contributed by atoms with Gasteiger partial charge in [0.15, 0.2) is 23.3 Å². The normalized spacial score (nSPS) is 11.5. The Morgan fingerprint density at radius 2 is 0.481 bits per heavy atom. The summed E-state index contributed by atoms with van der Waals surface area (Å²) >= 11 is 0. The number of fused-ring (bicyclic) bond motifs is 14. The van der Waals surface area contributed by atoms with Crippen molar-refractivity contribution in [2.75, 3.05) is 0 Å². The third-order valence-electron chi connectivity index (χ3n) is 20.4. The van der Waals surface area contributed by atoms with Crippen molar-refractivity contribution in [2.24, 2.45) is 0 Å². The van der Waals surface area contributed by atoms with Crippen LogP contribution in [0.3, 0.4) is 0 Å². The molecule has 108 heavy (non-hydrogen) atoms. The van der Waals surface area contributed by atoms with Crippen LogP contribution in [0.2, 0.25) is 0 Å². The second-order valence-corrected chi connectivity index (χ2v) is 27.0. The topological polar surface area (TPSA) is 117 Å². The third-order valence-corrected chi connectivity index (χ3v) is 20.4. The molecule has 0 aliphatic rings. The lowest BCUT2D eigenvalue weighted by atomic mass is 9.96. The van der Waals surface area contributed by atoms with Crippen LogP contribution < -0.4 is 0 Å². The van der Waals surface area contributed by atoms with Crippen molar-refractivity contribution in [3.05, 3.63) is 370 Å².